The summed E-state index contributed by atoms with van der Waals surface area (Å²) in [5, 5.41) is 3.90. The second-order valence-corrected chi connectivity index (χ2v) is 8.46. The Hall–Kier alpha value is -4.07. The van der Waals surface area contributed by atoms with Crippen molar-refractivity contribution in [2.75, 3.05) is 6.61 Å². The van der Waals surface area contributed by atoms with Crippen LogP contribution in [0.15, 0.2) is 65.2 Å². The highest BCUT2D eigenvalue weighted by Crippen LogP contribution is 2.29. The second-order valence-electron chi connectivity index (χ2n) is 8.46. The van der Waals surface area contributed by atoms with Gasteiger partial charge in [-0.15, -0.1) is 0 Å². The molecular formula is C27H29N3O5. The van der Waals surface area contributed by atoms with Crippen molar-refractivity contribution in [1.82, 2.24) is 15.3 Å². The number of hydrogen-bond donors (Lipinski definition) is 2. The molecule has 0 bridgehead atoms. The van der Waals surface area contributed by atoms with Crippen molar-refractivity contribution in [2.45, 2.75) is 45.8 Å². The number of carbonyl (C=O) groups is 2. The zero-order valence-electron chi connectivity index (χ0n) is 20.0. The first kappa shape index (κ1) is 24.1. The van der Waals surface area contributed by atoms with Crippen LogP contribution in [0.5, 0.6) is 0 Å². The fourth-order valence-corrected chi connectivity index (χ4v) is 3.86. The Balaban J connectivity index is 1.62. The van der Waals surface area contributed by atoms with E-state index >= 15 is 0 Å². The molecule has 1 atom stereocenters. The van der Waals surface area contributed by atoms with Gasteiger partial charge in [0.1, 0.15) is 18.4 Å². The summed E-state index contributed by atoms with van der Waals surface area (Å²) >= 11 is 0. The number of ether oxygens (including phenoxy) is 2. The minimum Gasteiger partial charge on any atom is -0.461 e. The Labute approximate surface area is 203 Å². The van der Waals surface area contributed by atoms with Gasteiger partial charge in [0, 0.05) is 29.4 Å². The van der Waals surface area contributed by atoms with Crippen LogP contribution >= 0.6 is 0 Å². The molecule has 1 amide bonds. The molecule has 0 saturated carbocycles. The smallest absolute Gasteiger partial charge is 0.408 e. The molecule has 0 saturated heterocycles. The Kier molecular flexibility index (Phi) is 7.50. The number of nitrogens with one attached hydrogen (secondary N) is 2. The van der Waals surface area contributed by atoms with E-state index in [1.807, 2.05) is 74.6 Å². The topological polar surface area (TPSA) is 106 Å². The van der Waals surface area contributed by atoms with Gasteiger partial charge in [-0.3, -0.25) is 0 Å². The number of nitrogens with zero attached hydrogens (tertiary/aromatic N) is 1. The first-order valence-corrected chi connectivity index (χ1v) is 11.7. The molecule has 0 spiro atoms. The van der Waals surface area contributed by atoms with E-state index in [9.17, 15) is 9.59 Å². The van der Waals surface area contributed by atoms with Crippen LogP contribution in [0.4, 0.5) is 4.79 Å². The third-order valence-corrected chi connectivity index (χ3v) is 5.56. The number of oxazole rings is 1. The van der Waals surface area contributed by atoms with Crippen LogP contribution in [0.2, 0.25) is 0 Å². The summed E-state index contributed by atoms with van der Waals surface area (Å²) in [7, 11) is 0. The Bertz CT molecular complexity index is 1290. The average Bonchev–Trinajstić information content (AvgIpc) is 3.48. The van der Waals surface area contributed by atoms with E-state index in [4.69, 9.17) is 13.9 Å². The number of esters is 1. The van der Waals surface area contributed by atoms with Gasteiger partial charge in [0.15, 0.2) is 5.69 Å². The van der Waals surface area contributed by atoms with E-state index < -0.39 is 18.1 Å². The number of benzene rings is 2. The van der Waals surface area contributed by atoms with E-state index in [0.717, 1.165) is 22.0 Å². The second kappa shape index (κ2) is 10.9. The van der Waals surface area contributed by atoms with Gasteiger partial charge in [0.25, 0.3) is 0 Å². The maximum atomic E-state index is 12.8. The van der Waals surface area contributed by atoms with Gasteiger partial charge < -0.3 is 24.2 Å². The van der Waals surface area contributed by atoms with Crippen LogP contribution in [-0.2, 0) is 22.5 Å². The number of fused-ring (bicyclic) bond motifs is 1. The van der Waals surface area contributed by atoms with E-state index in [1.165, 1.54) is 0 Å². The number of amides is 1. The largest absolute Gasteiger partial charge is 0.461 e. The summed E-state index contributed by atoms with van der Waals surface area (Å²) in [6.07, 6.45) is 1.67. The summed E-state index contributed by atoms with van der Waals surface area (Å²) in [5.74, 6) is -0.0151. The van der Waals surface area contributed by atoms with Gasteiger partial charge in [-0.25, -0.2) is 14.6 Å². The Morgan fingerprint density at radius 1 is 1.06 bits per heavy atom. The van der Waals surface area contributed by atoms with Crippen molar-refractivity contribution < 1.29 is 23.5 Å². The van der Waals surface area contributed by atoms with Gasteiger partial charge in [0.2, 0.25) is 5.89 Å². The molecule has 0 unspecified atom stereocenters. The summed E-state index contributed by atoms with van der Waals surface area (Å²) in [5.41, 5.74) is 2.95. The highest BCUT2D eigenvalue weighted by Gasteiger charge is 2.29. The fourth-order valence-electron chi connectivity index (χ4n) is 3.86. The number of hydrogen-bond acceptors (Lipinski definition) is 6. The monoisotopic (exact) mass is 475 g/mol. The van der Waals surface area contributed by atoms with Gasteiger partial charge in [-0.05, 0) is 24.1 Å². The summed E-state index contributed by atoms with van der Waals surface area (Å²) < 4.78 is 16.6. The van der Waals surface area contributed by atoms with Gasteiger partial charge in [-0.2, -0.15) is 0 Å². The van der Waals surface area contributed by atoms with Crippen LogP contribution in [0.25, 0.3) is 10.9 Å². The number of aromatic nitrogens is 2. The first-order valence-electron chi connectivity index (χ1n) is 11.7. The van der Waals surface area contributed by atoms with Crippen molar-refractivity contribution in [2.24, 2.45) is 0 Å². The predicted octanol–water partition coefficient (Wildman–Crippen LogP) is 5.67. The molecule has 8 nitrogen and oxygen atoms in total. The van der Waals surface area contributed by atoms with E-state index in [2.05, 4.69) is 15.3 Å². The lowest BCUT2D eigenvalue weighted by Gasteiger charge is -2.16. The maximum absolute atomic E-state index is 12.8. The summed E-state index contributed by atoms with van der Waals surface area (Å²) in [6, 6.07) is 16.7. The van der Waals surface area contributed by atoms with Crippen molar-refractivity contribution in [3.05, 3.63) is 89.3 Å². The Morgan fingerprint density at radius 3 is 2.54 bits per heavy atom. The van der Waals surface area contributed by atoms with Crippen LogP contribution in [0.1, 0.15) is 66.0 Å². The molecule has 0 fully saturated rings. The standard InChI is InChI=1S/C27H29N3O5/c1-4-33-26(31)23-24(17(2)3)35-25(30-23)22(14-19-15-28-21-13-9-8-12-20(19)21)29-27(32)34-16-18-10-6-5-7-11-18/h5-13,15,17,22,28H,4,14,16H2,1-3H3,(H,29,32)/t22-/m1/s1. The average molecular weight is 476 g/mol. The third kappa shape index (κ3) is 5.71. The van der Waals surface area contributed by atoms with Crippen LogP contribution in [-0.4, -0.2) is 28.6 Å². The van der Waals surface area contributed by atoms with Gasteiger partial charge in [0.05, 0.1) is 6.61 Å². The predicted molar refractivity (Wildman–Crippen MR) is 131 cm³/mol. The number of aromatic amines is 1. The van der Waals surface area contributed by atoms with Gasteiger partial charge >= 0.3 is 12.1 Å². The van der Waals surface area contributed by atoms with Crippen molar-refractivity contribution in [3.63, 3.8) is 0 Å². The molecular weight excluding hydrogens is 446 g/mol. The molecule has 2 aromatic carbocycles. The van der Waals surface area contributed by atoms with Crippen LogP contribution < -0.4 is 5.32 Å². The highest BCUT2D eigenvalue weighted by atomic mass is 16.5. The molecule has 4 rings (SSSR count). The molecule has 0 aliphatic rings. The molecule has 0 radical (unpaired) electrons. The van der Waals surface area contributed by atoms with Crippen molar-refractivity contribution in [1.29, 1.82) is 0 Å². The molecule has 4 aromatic rings. The molecule has 2 heterocycles. The molecule has 182 valence electrons. The minimum atomic E-state index is -0.668. The SMILES string of the molecule is CCOC(=O)c1nc([C@@H](Cc2c[nH]c3ccccc23)NC(=O)OCc2ccccc2)oc1C(C)C. The summed E-state index contributed by atoms with van der Waals surface area (Å²) in [4.78, 5) is 33.0. The van der Waals surface area contributed by atoms with Crippen molar-refractivity contribution in [3.8, 4) is 0 Å². The molecule has 8 heteroatoms. The number of para-hydroxylation sites is 1. The zero-order chi connectivity index (χ0) is 24.8. The number of alkyl carbamates (subject to hydrolysis) is 1. The van der Waals surface area contributed by atoms with Crippen LogP contribution in [0.3, 0.4) is 0 Å². The number of H-pyrrole nitrogens is 1. The maximum Gasteiger partial charge on any atom is 0.408 e. The minimum absolute atomic E-state index is 0.102. The first-order chi connectivity index (χ1) is 17.0. The third-order valence-electron chi connectivity index (χ3n) is 5.56. The van der Waals surface area contributed by atoms with E-state index in [0.29, 0.717) is 12.2 Å². The Morgan fingerprint density at radius 2 is 1.80 bits per heavy atom. The molecule has 0 aliphatic heterocycles. The van der Waals surface area contributed by atoms with Gasteiger partial charge in [-0.1, -0.05) is 62.4 Å². The van der Waals surface area contributed by atoms with E-state index in [1.54, 1.807) is 6.92 Å². The van der Waals surface area contributed by atoms with E-state index in [-0.39, 0.29) is 30.7 Å². The molecule has 0 aliphatic carbocycles. The van der Waals surface area contributed by atoms with Crippen LogP contribution in [0, 0.1) is 0 Å². The fraction of sp³-hybridized carbons (Fsp3) is 0.296. The molecule has 2 aromatic heterocycles. The highest BCUT2D eigenvalue weighted by molar-refractivity contribution is 5.88. The number of rotatable bonds is 9. The lowest BCUT2D eigenvalue weighted by Crippen LogP contribution is -2.30. The number of carbonyl (C=O) groups excluding carboxylic acids is 2. The van der Waals surface area contributed by atoms with Crippen molar-refractivity contribution >= 4 is 23.0 Å². The zero-order valence-corrected chi connectivity index (χ0v) is 20.0. The lowest BCUT2D eigenvalue weighted by molar-refractivity contribution is 0.0517. The molecule has 2 N–H and O–H groups in total. The quantitative estimate of drug-likeness (QED) is 0.302. The summed E-state index contributed by atoms with van der Waals surface area (Å²) in [6.45, 7) is 5.90. The lowest BCUT2D eigenvalue weighted by atomic mass is 10.0. The normalized spacial score (nSPS) is 12.0. The molecule has 35 heavy (non-hydrogen) atoms.